The molecule has 0 radical (unpaired) electrons. The van der Waals surface area contributed by atoms with Crippen LogP contribution >= 0.6 is 11.6 Å². The topological polar surface area (TPSA) is 70.7 Å². The number of carbonyl (C=O) groups excluding carboxylic acids is 2. The second-order valence-electron chi connectivity index (χ2n) is 4.84. The Bertz CT molecular complexity index is 570. The average molecular weight is 330 g/mol. The predicted octanol–water partition coefficient (Wildman–Crippen LogP) is 1.39. The van der Waals surface area contributed by atoms with Gasteiger partial charge < -0.3 is 20.3 Å². The number of nitrogens with zero attached hydrogens (tertiary/aromatic N) is 1. The number of hydrogen-bond donors (Lipinski definition) is 2. The van der Waals surface area contributed by atoms with E-state index in [-0.39, 0.29) is 22.7 Å². The highest BCUT2D eigenvalue weighted by molar-refractivity contribution is 6.32. The van der Waals surface area contributed by atoms with Gasteiger partial charge in [0.1, 0.15) is 11.6 Å². The van der Waals surface area contributed by atoms with Crippen molar-refractivity contribution in [1.82, 2.24) is 15.5 Å². The van der Waals surface area contributed by atoms with Crippen LogP contribution in [0.15, 0.2) is 18.2 Å². The molecule has 120 valence electrons. The first-order valence-corrected chi connectivity index (χ1v) is 7.27. The Labute approximate surface area is 132 Å². The summed E-state index contributed by atoms with van der Waals surface area (Å²) < 4.78 is 18.3. The summed E-state index contributed by atoms with van der Waals surface area (Å²) >= 11 is 5.84. The van der Waals surface area contributed by atoms with Crippen LogP contribution in [-0.4, -0.2) is 49.1 Å². The number of rotatable bonds is 6. The van der Waals surface area contributed by atoms with Crippen LogP contribution in [0.3, 0.4) is 0 Å². The number of ether oxygens (including phenoxy) is 1. The summed E-state index contributed by atoms with van der Waals surface area (Å²) in [5.74, 6) is -0.567. The van der Waals surface area contributed by atoms with Crippen LogP contribution < -0.4 is 15.4 Å². The zero-order valence-corrected chi connectivity index (χ0v) is 12.8. The molecule has 0 saturated carbocycles. The molecule has 2 rings (SSSR count). The van der Waals surface area contributed by atoms with E-state index >= 15 is 0 Å². The zero-order chi connectivity index (χ0) is 16.1. The molecule has 1 aromatic carbocycles. The minimum atomic E-state index is -0.782. The molecule has 1 heterocycles. The Morgan fingerprint density at radius 2 is 2.36 bits per heavy atom. The fourth-order valence-corrected chi connectivity index (χ4v) is 2.21. The molecule has 6 nitrogen and oxygen atoms in total. The van der Waals surface area contributed by atoms with Crippen LogP contribution in [0.2, 0.25) is 5.02 Å². The lowest BCUT2D eigenvalue weighted by atomic mass is 10.3. The molecule has 0 unspecified atom stereocenters. The van der Waals surface area contributed by atoms with E-state index in [4.69, 9.17) is 16.3 Å². The summed E-state index contributed by atoms with van der Waals surface area (Å²) in [5, 5.41) is 5.46. The highest BCUT2D eigenvalue weighted by Crippen LogP contribution is 2.25. The van der Waals surface area contributed by atoms with Gasteiger partial charge in [0, 0.05) is 26.2 Å². The van der Waals surface area contributed by atoms with Crippen molar-refractivity contribution in [3.05, 3.63) is 29.0 Å². The fourth-order valence-electron chi connectivity index (χ4n) is 2.00. The molecule has 0 aromatic heterocycles. The smallest absolute Gasteiger partial charge is 0.317 e. The lowest BCUT2D eigenvalue weighted by molar-refractivity contribution is -0.127. The molecule has 1 fully saturated rings. The Hall–Kier alpha value is -2.02. The molecular weight excluding hydrogens is 313 g/mol. The first-order valence-electron chi connectivity index (χ1n) is 6.89. The zero-order valence-electron chi connectivity index (χ0n) is 12.1. The lowest BCUT2D eigenvalue weighted by Crippen LogP contribution is -2.41. The molecule has 1 saturated heterocycles. The van der Waals surface area contributed by atoms with E-state index in [0.717, 1.165) is 6.07 Å². The van der Waals surface area contributed by atoms with E-state index in [2.05, 4.69) is 10.6 Å². The van der Waals surface area contributed by atoms with E-state index in [0.29, 0.717) is 26.2 Å². The van der Waals surface area contributed by atoms with E-state index in [1.165, 1.54) is 12.1 Å². The third-order valence-corrected chi connectivity index (χ3v) is 3.49. The normalized spacial score (nSPS) is 15.4. The molecule has 0 aliphatic carbocycles. The third-order valence-electron chi connectivity index (χ3n) is 3.19. The van der Waals surface area contributed by atoms with Gasteiger partial charge in [-0.1, -0.05) is 11.6 Å². The van der Waals surface area contributed by atoms with Crippen molar-refractivity contribution in [3.8, 4) is 5.75 Å². The largest absolute Gasteiger partial charge is 0.479 e. The van der Waals surface area contributed by atoms with Gasteiger partial charge in [-0.15, -0.1) is 0 Å². The van der Waals surface area contributed by atoms with Crippen molar-refractivity contribution in [2.75, 3.05) is 26.2 Å². The Balaban J connectivity index is 1.78. The van der Waals surface area contributed by atoms with Crippen LogP contribution in [0.25, 0.3) is 0 Å². The number of amides is 3. The minimum absolute atomic E-state index is 0.105. The van der Waals surface area contributed by atoms with Crippen molar-refractivity contribution in [2.24, 2.45) is 0 Å². The SMILES string of the molecule is C[C@@H](Oc1ccc(F)cc1Cl)C(=O)NCCN1CCNC1=O. The number of urea groups is 1. The molecule has 8 heteroatoms. The molecule has 0 spiro atoms. The van der Waals surface area contributed by atoms with Gasteiger partial charge in [-0.3, -0.25) is 4.79 Å². The number of hydrogen-bond acceptors (Lipinski definition) is 3. The Morgan fingerprint density at radius 3 is 3.00 bits per heavy atom. The van der Waals surface area contributed by atoms with Gasteiger partial charge in [0.05, 0.1) is 5.02 Å². The first kappa shape index (κ1) is 16.4. The lowest BCUT2D eigenvalue weighted by Gasteiger charge is -2.17. The van der Waals surface area contributed by atoms with Gasteiger partial charge in [-0.25, -0.2) is 9.18 Å². The fraction of sp³-hybridized carbons (Fsp3) is 0.429. The molecule has 3 amide bonds. The van der Waals surface area contributed by atoms with Gasteiger partial charge in [0.15, 0.2) is 6.10 Å². The molecule has 1 aliphatic heterocycles. The number of nitrogens with one attached hydrogen (secondary N) is 2. The van der Waals surface area contributed by atoms with Crippen molar-refractivity contribution in [3.63, 3.8) is 0 Å². The maximum Gasteiger partial charge on any atom is 0.317 e. The molecule has 2 N–H and O–H groups in total. The molecule has 0 bridgehead atoms. The number of halogens is 2. The van der Waals surface area contributed by atoms with Gasteiger partial charge in [-0.05, 0) is 25.1 Å². The second kappa shape index (κ2) is 7.31. The summed E-state index contributed by atoms with van der Waals surface area (Å²) in [6.07, 6.45) is -0.782. The molecule has 1 aliphatic rings. The molecule has 1 atom stereocenters. The number of carbonyl (C=O) groups is 2. The van der Waals surface area contributed by atoms with Crippen molar-refractivity contribution < 1.29 is 18.7 Å². The summed E-state index contributed by atoms with van der Waals surface area (Å²) in [7, 11) is 0. The summed E-state index contributed by atoms with van der Waals surface area (Å²) in [4.78, 5) is 24.8. The van der Waals surface area contributed by atoms with Crippen molar-refractivity contribution in [1.29, 1.82) is 0 Å². The van der Waals surface area contributed by atoms with Crippen LogP contribution in [0.1, 0.15) is 6.92 Å². The first-order chi connectivity index (χ1) is 10.5. The Kier molecular flexibility index (Phi) is 5.43. The predicted molar refractivity (Wildman–Crippen MR) is 79.5 cm³/mol. The van der Waals surface area contributed by atoms with Crippen molar-refractivity contribution >= 4 is 23.5 Å². The Morgan fingerprint density at radius 1 is 1.59 bits per heavy atom. The maximum atomic E-state index is 12.9. The summed E-state index contributed by atoms with van der Waals surface area (Å²) in [5.41, 5.74) is 0. The summed E-state index contributed by atoms with van der Waals surface area (Å²) in [6, 6.07) is 3.57. The van der Waals surface area contributed by atoms with E-state index in [9.17, 15) is 14.0 Å². The maximum absolute atomic E-state index is 12.9. The molecule has 22 heavy (non-hydrogen) atoms. The van der Waals surface area contributed by atoms with Crippen LogP contribution in [-0.2, 0) is 4.79 Å². The minimum Gasteiger partial charge on any atom is -0.479 e. The molecular formula is C14H17ClFN3O3. The van der Waals surface area contributed by atoms with Crippen molar-refractivity contribution in [2.45, 2.75) is 13.0 Å². The number of benzene rings is 1. The average Bonchev–Trinajstić information content (AvgIpc) is 2.87. The van der Waals surface area contributed by atoms with Gasteiger partial charge in [-0.2, -0.15) is 0 Å². The van der Waals surface area contributed by atoms with Gasteiger partial charge in [0.25, 0.3) is 5.91 Å². The van der Waals surface area contributed by atoms with Crippen LogP contribution in [0.4, 0.5) is 9.18 Å². The van der Waals surface area contributed by atoms with Crippen LogP contribution in [0.5, 0.6) is 5.75 Å². The quantitative estimate of drug-likeness (QED) is 0.828. The monoisotopic (exact) mass is 329 g/mol. The highest BCUT2D eigenvalue weighted by Gasteiger charge is 2.20. The molecule has 1 aromatic rings. The van der Waals surface area contributed by atoms with Crippen LogP contribution in [0, 0.1) is 5.82 Å². The van der Waals surface area contributed by atoms with E-state index < -0.39 is 11.9 Å². The third kappa shape index (κ3) is 4.24. The van der Waals surface area contributed by atoms with E-state index in [1.807, 2.05) is 0 Å². The highest BCUT2D eigenvalue weighted by atomic mass is 35.5. The second-order valence-corrected chi connectivity index (χ2v) is 5.25. The van der Waals surface area contributed by atoms with Gasteiger partial charge >= 0.3 is 6.03 Å². The summed E-state index contributed by atoms with van der Waals surface area (Å²) in [6.45, 7) is 3.58. The van der Waals surface area contributed by atoms with Gasteiger partial charge in [0.2, 0.25) is 0 Å². The van der Waals surface area contributed by atoms with E-state index in [1.54, 1.807) is 11.8 Å². The standard InChI is InChI=1S/C14H17ClFN3O3/c1-9(22-12-3-2-10(16)8-11(12)15)13(20)17-4-6-19-7-5-18-14(19)21/h2-3,8-9H,4-7H2,1H3,(H,17,20)(H,18,21)/t9-/m1/s1.